The smallest absolute Gasteiger partial charge is 0.0409 e. The predicted octanol–water partition coefficient (Wildman–Crippen LogP) is 4.50. The van der Waals surface area contributed by atoms with Crippen LogP contribution < -0.4 is 5.32 Å². The van der Waals surface area contributed by atoms with Crippen LogP contribution in [0.5, 0.6) is 0 Å². The van der Waals surface area contributed by atoms with E-state index in [1.54, 1.807) is 0 Å². The molecule has 1 aromatic carbocycles. The molecule has 1 saturated heterocycles. The van der Waals surface area contributed by atoms with Gasteiger partial charge in [-0.3, -0.25) is 4.90 Å². The average molecular weight is 309 g/mol. The van der Waals surface area contributed by atoms with E-state index in [1.807, 2.05) is 6.07 Å². The van der Waals surface area contributed by atoms with Gasteiger partial charge in [0.25, 0.3) is 0 Å². The summed E-state index contributed by atoms with van der Waals surface area (Å²) in [5, 5.41) is 4.58. The summed E-state index contributed by atoms with van der Waals surface area (Å²) in [6, 6.07) is 9.27. The van der Waals surface area contributed by atoms with Crippen LogP contribution in [-0.4, -0.2) is 29.6 Å². The molecule has 2 rings (SSSR count). The molecule has 0 amide bonds. The van der Waals surface area contributed by atoms with Crippen LogP contribution in [0, 0.1) is 5.92 Å². The highest BCUT2D eigenvalue weighted by molar-refractivity contribution is 6.30. The summed E-state index contributed by atoms with van der Waals surface area (Å²) >= 11 is 6.18. The van der Waals surface area contributed by atoms with E-state index in [0.717, 1.165) is 24.5 Å². The van der Waals surface area contributed by atoms with Crippen molar-refractivity contribution in [3.63, 3.8) is 0 Å². The Labute approximate surface area is 134 Å². The zero-order chi connectivity index (χ0) is 15.6. The lowest BCUT2D eigenvalue weighted by molar-refractivity contribution is 0.0295. The largest absolute Gasteiger partial charge is 0.309 e. The van der Waals surface area contributed by atoms with Crippen LogP contribution in [0.25, 0.3) is 0 Å². The van der Waals surface area contributed by atoms with Crippen LogP contribution in [-0.2, 0) is 0 Å². The summed E-state index contributed by atoms with van der Waals surface area (Å²) in [4.78, 5) is 2.66. The number of hydrogen-bond donors (Lipinski definition) is 1. The van der Waals surface area contributed by atoms with Crippen molar-refractivity contribution in [2.24, 2.45) is 5.92 Å². The minimum Gasteiger partial charge on any atom is -0.309 e. The van der Waals surface area contributed by atoms with E-state index in [-0.39, 0.29) is 5.54 Å². The molecule has 2 nitrogen and oxygen atoms in total. The minimum atomic E-state index is 0.207. The quantitative estimate of drug-likeness (QED) is 0.881. The number of nitrogens with zero attached hydrogens (tertiary/aromatic N) is 1. The predicted molar refractivity (Wildman–Crippen MR) is 91.9 cm³/mol. The topological polar surface area (TPSA) is 15.3 Å². The molecule has 118 valence electrons. The second kappa shape index (κ2) is 6.68. The fourth-order valence-corrected chi connectivity index (χ4v) is 3.48. The summed E-state index contributed by atoms with van der Waals surface area (Å²) in [5.74, 6) is 0.639. The van der Waals surface area contributed by atoms with E-state index in [4.69, 9.17) is 11.6 Å². The number of halogens is 1. The van der Waals surface area contributed by atoms with Crippen LogP contribution >= 0.6 is 11.6 Å². The normalized spacial score (nSPS) is 28.8. The number of piperazine rings is 1. The Bertz CT molecular complexity index is 474. The second-order valence-electron chi connectivity index (χ2n) is 7.01. The number of rotatable bonds is 4. The molecule has 21 heavy (non-hydrogen) atoms. The highest BCUT2D eigenvalue weighted by atomic mass is 35.5. The van der Waals surface area contributed by atoms with Gasteiger partial charge in [0.15, 0.2) is 0 Å². The first-order chi connectivity index (χ1) is 9.86. The molecular weight excluding hydrogens is 280 g/mol. The maximum absolute atomic E-state index is 6.18. The molecule has 0 spiro atoms. The van der Waals surface area contributed by atoms with Crippen molar-refractivity contribution in [2.75, 3.05) is 13.1 Å². The van der Waals surface area contributed by atoms with E-state index in [9.17, 15) is 0 Å². The number of hydrogen-bond acceptors (Lipinski definition) is 2. The van der Waals surface area contributed by atoms with Gasteiger partial charge in [-0.2, -0.15) is 0 Å². The molecule has 1 N–H and O–H groups in total. The molecule has 0 bridgehead atoms. The molecule has 1 aliphatic rings. The SMILES string of the molecule is CCC1(C)CN(C(C)c2cccc(Cl)c2)C(C(C)C)CN1. The molecule has 1 aliphatic heterocycles. The Balaban J connectivity index is 2.26. The van der Waals surface area contributed by atoms with E-state index in [0.29, 0.717) is 18.0 Å². The van der Waals surface area contributed by atoms with Crippen molar-refractivity contribution < 1.29 is 0 Å². The standard InChI is InChI=1S/C18H29ClN2/c1-6-18(5)12-21(17(11-20-18)13(2)3)14(4)15-8-7-9-16(19)10-15/h7-10,13-14,17,20H,6,11-12H2,1-5H3. The molecule has 3 atom stereocenters. The molecular formula is C18H29ClN2. The molecule has 3 unspecified atom stereocenters. The molecule has 3 heteroatoms. The molecule has 0 radical (unpaired) electrons. The van der Waals surface area contributed by atoms with Gasteiger partial charge < -0.3 is 5.32 Å². The lowest BCUT2D eigenvalue weighted by Gasteiger charge is -2.50. The van der Waals surface area contributed by atoms with Gasteiger partial charge in [0.05, 0.1) is 0 Å². The van der Waals surface area contributed by atoms with Gasteiger partial charge in [-0.15, -0.1) is 0 Å². The summed E-state index contributed by atoms with van der Waals surface area (Å²) < 4.78 is 0. The molecule has 1 heterocycles. The summed E-state index contributed by atoms with van der Waals surface area (Å²) in [6.45, 7) is 13.7. The van der Waals surface area contributed by atoms with Gasteiger partial charge in [-0.25, -0.2) is 0 Å². The highest BCUT2D eigenvalue weighted by Crippen LogP contribution is 2.32. The monoisotopic (exact) mass is 308 g/mol. The lowest BCUT2D eigenvalue weighted by Crippen LogP contribution is -2.64. The zero-order valence-corrected chi connectivity index (χ0v) is 14.7. The zero-order valence-electron chi connectivity index (χ0n) is 14.0. The van der Waals surface area contributed by atoms with Crippen LogP contribution in [0.15, 0.2) is 24.3 Å². The third-order valence-corrected chi connectivity index (χ3v) is 5.31. The first-order valence-corrected chi connectivity index (χ1v) is 8.50. The molecule has 0 saturated carbocycles. The van der Waals surface area contributed by atoms with Crippen molar-refractivity contribution in [2.45, 2.75) is 58.7 Å². The molecule has 0 aliphatic carbocycles. The number of benzene rings is 1. The average Bonchev–Trinajstić information content (AvgIpc) is 2.46. The van der Waals surface area contributed by atoms with E-state index < -0.39 is 0 Å². The minimum absolute atomic E-state index is 0.207. The Kier molecular flexibility index (Phi) is 5.34. The number of nitrogens with one attached hydrogen (secondary N) is 1. The van der Waals surface area contributed by atoms with Crippen molar-refractivity contribution >= 4 is 11.6 Å². The first-order valence-electron chi connectivity index (χ1n) is 8.12. The molecule has 0 aromatic heterocycles. The highest BCUT2D eigenvalue weighted by Gasteiger charge is 2.38. The van der Waals surface area contributed by atoms with Crippen LogP contribution in [0.3, 0.4) is 0 Å². The van der Waals surface area contributed by atoms with Crippen LogP contribution in [0.4, 0.5) is 0 Å². The Morgan fingerprint density at radius 3 is 2.67 bits per heavy atom. The first kappa shape index (κ1) is 16.8. The third kappa shape index (κ3) is 3.80. The van der Waals surface area contributed by atoms with Gasteiger partial charge in [-0.1, -0.05) is 44.5 Å². The van der Waals surface area contributed by atoms with Crippen molar-refractivity contribution in [3.05, 3.63) is 34.9 Å². The second-order valence-corrected chi connectivity index (χ2v) is 7.45. The van der Waals surface area contributed by atoms with Gasteiger partial charge in [0, 0.05) is 35.7 Å². The summed E-state index contributed by atoms with van der Waals surface area (Å²) in [6.07, 6.45) is 1.15. The van der Waals surface area contributed by atoms with Gasteiger partial charge in [0.2, 0.25) is 0 Å². The maximum Gasteiger partial charge on any atom is 0.0409 e. The Morgan fingerprint density at radius 1 is 1.38 bits per heavy atom. The maximum atomic E-state index is 6.18. The Hall–Kier alpha value is -0.570. The molecule has 1 fully saturated rings. The van der Waals surface area contributed by atoms with E-state index in [1.165, 1.54) is 5.56 Å². The van der Waals surface area contributed by atoms with Crippen LogP contribution in [0.1, 0.15) is 52.6 Å². The van der Waals surface area contributed by atoms with E-state index >= 15 is 0 Å². The van der Waals surface area contributed by atoms with Gasteiger partial charge >= 0.3 is 0 Å². The Morgan fingerprint density at radius 2 is 2.10 bits per heavy atom. The lowest BCUT2D eigenvalue weighted by atomic mass is 9.88. The third-order valence-electron chi connectivity index (χ3n) is 5.07. The van der Waals surface area contributed by atoms with Crippen molar-refractivity contribution in [1.82, 2.24) is 10.2 Å². The summed E-state index contributed by atoms with van der Waals surface area (Å²) in [5.41, 5.74) is 1.52. The van der Waals surface area contributed by atoms with Crippen molar-refractivity contribution in [1.29, 1.82) is 0 Å². The summed E-state index contributed by atoms with van der Waals surface area (Å²) in [7, 11) is 0. The van der Waals surface area contributed by atoms with Gasteiger partial charge in [-0.05, 0) is 43.9 Å². The fourth-order valence-electron chi connectivity index (χ4n) is 3.28. The fraction of sp³-hybridized carbons (Fsp3) is 0.667. The van der Waals surface area contributed by atoms with Crippen molar-refractivity contribution in [3.8, 4) is 0 Å². The molecule has 1 aromatic rings. The van der Waals surface area contributed by atoms with Gasteiger partial charge in [0.1, 0.15) is 0 Å². The van der Waals surface area contributed by atoms with Crippen LogP contribution in [0.2, 0.25) is 5.02 Å². The van der Waals surface area contributed by atoms with E-state index in [2.05, 4.69) is 63.0 Å².